The Morgan fingerprint density at radius 3 is 2.36 bits per heavy atom. The van der Waals surface area contributed by atoms with Crippen LogP contribution in [0.3, 0.4) is 0 Å². The minimum Gasteiger partial charge on any atom is -0.342 e. The number of hydrogen-bond acceptors (Lipinski definition) is 1. The summed E-state index contributed by atoms with van der Waals surface area (Å²) < 4.78 is 0. The molecule has 0 radical (unpaired) electrons. The van der Waals surface area contributed by atoms with Crippen LogP contribution in [0, 0.1) is 11.8 Å². The second-order valence-electron chi connectivity index (χ2n) is 4.19. The van der Waals surface area contributed by atoms with Gasteiger partial charge in [0.1, 0.15) is 0 Å². The summed E-state index contributed by atoms with van der Waals surface area (Å²) in [4.78, 5) is 13.6. The topological polar surface area (TPSA) is 20.3 Å². The molecule has 0 saturated carbocycles. The van der Waals surface area contributed by atoms with E-state index < -0.39 is 0 Å². The van der Waals surface area contributed by atoms with E-state index in [0.717, 1.165) is 13.1 Å². The Morgan fingerprint density at radius 1 is 1.36 bits per heavy atom. The van der Waals surface area contributed by atoms with Gasteiger partial charge >= 0.3 is 0 Å². The minimum absolute atomic E-state index is 0.162. The highest BCUT2D eigenvalue weighted by molar-refractivity contribution is 5.78. The largest absolute Gasteiger partial charge is 0.342 e. The SMILES string of the molecule is CC.CC1CCCN(C(=O)C(C)C)C1. The van der Waals surface area contributed by atoms with E-state index in [2.05, 4.69) is 6.92 Å². The first-order valence-electron chi connectivity index (χ1n) is 5.90. The molecule has 0 aromatic heterocycles. The van der Waals surface area contributed by atoms with Crippen LogP contribution in [0.15, 0.2) is 0 Å². The molecule has 1 aliphatic heterocycles. The summed E-state index contributed by atoms with van der Waals surface area (Å²) in [5.74, 6) is 1.18. The average molecular weight is 199 g/mol. The molecule has 1 aliphatic rings. The molecule has 1 saturated heterocycles. The molecule has 0 bridgehead atoms. The molecule has 2 heteroatoms. The molecule has 14 heavy (non-hydrogen) atoms. The third-order valence-corrected chi connectivity index (χ3v) is 2.46. The Bertz CT molecular complexity index is 166. The van der Waals surface area contributed by atoms with Gasteiger partial charge in [0.15, 0.2) is 0 Å². The zero-order valence-corrected chi connectivity index (χ0v) is 10.3. The van der Waals surface area contributed by atoms with Gasteiger partial charge in [0.2, 0.25) is 5.91 Å². The lowest BCUT2D eigenvalue weighted by Gasteiger charge is -2.32. The highest BCUT2D eigenvalue weighted by Crippen LogP contribution is 2.17. The summed E-state index contributed by atoms with van der Waals surface area (Å²) in [5, 5.41) is 0. The summed E-state index contributed by atoms with van der Waals surface area (Å²) in [6, 6.07) is 0. The molecule has 1 atom stereocenters. The van der Waals surface area contributed by atoms with Gasteiger partial charge in [-0.25, -0.2) is 0 Å². The fourth-order valence-electron chi connectivity index (χ4n) is 1.75. The molecule has 2 nitrogen and oxygen atoms in total. The second kappa shape index (κ2) is 6.86. The molecule has 0 aromatic rings. The molecule has 1 heterocycles. The maximum atomic E-state index is 11.6. The minimum atomic E-state index is 0.162. The van der Waals surface area contributed by atoms with E-state index >= 15 is 0 Å². The predicted molar refractivity (Wildman–Crippen MR) is 61.2 cm³/mol. The van der Waals surface area contributed by atoms with Gasteiger partial charge in [0.05, 0.1) is 0 Å². The Kier molecular flexibility index (Phi) is 6.60. The Labute approximate surface area is 88.7 Å². The van der Waals surface area contributed by atoms with Crippen molar-refractivity contribution in [2.45, 2.75) is 47.5 Å². The maximum absolute atomic E-state index is 11.6. The van der Waals surface area contributed by atoms with Crippen molar-refractivity contribution < 1.29 is 4.79 Å². The number of piperidine rings is 1. The Morgan fingerprint density at radius 2 is 1.93 bits per heavy atom. The molecule has 1 amide bonds. The number of carbonyl (C=O) groups excluding carboxylic acids is 1. The van der Waals surface area contributed by atoms with Crippen LogP contribution in [-0.4, -0.2) is 23.9 Å². The maximum Gasteiger partial charge on any atom is 0.225 e. The number of carbonyl (C=O) groups is 1. The highest BCUT2D eigenvalue weighted by Gasteiger charge is 2.22. The van der Waals surface area contributed by atoms with Crippen molar-refractivity contribution in [1.82, 2.24) is 4.90 Å². The standard InChI is InChI=1S/C10H19NO.C2H6/c1-8(2)10(12)11-6-4-5-9(3)7-11;1-2/h8-9H,4-7H2,1-3H3;1-2H3. The number of likely N-dealkylation sites (tertiary alicyclic amines) is 1. The molecular formula is C12H25NO. The van der Waals surface area contributed by atoms with Gasteiger partial charge in [-0.05, 0) is 18.8 Å². The van der Waals surface area contributed by atoms with Gasteiger partial charge in [-0.3, -0.25) is 4.79 Å². The summed E-state index contributed by atoms with van der Waals surface area (Å²) in [6.45, 7) is 12.1. The molecule has 1 rings (SSSR count). The van der Waals surface area contributed by atoms with Crippen LogP contribution in [0.25, 0.3) is 0 Å². The lowest BCUT2D eigenvalue weighted by atomic mass is 9.99. The van der Waals surface area contributed by atoms with E-state index in [1.54, 1.807) is 0 Å². The molecule has 1 fully saturated rings. The van der Waals surface area contributed by atoms with Crippen LogP contribution >= 0.6 is 0 Å². The van der Waals surface area contributed by atoms with Crippen molar-refractivity contribution in [1.29, 1.82) is 0 Å². The van der Waals surface area contributed by atoms with Gasteiger partial charge < -0.3 is 4.90 Å². The first-order chi connectivity index (χ1) is 6.61. The van der Waals surface area contributed by atoms with Crippen LogP contribution in [-0.2, 0) is 4.79 Å². The Hall–Kier alpha value is -0.530. The quantitative estimate of drug-likeness (QED) is 0.636. The zero-order valence-electron chi connectivity index (χ0n) is 10.3. The summed E-state index contributed by atoms with van der Waals surface area (Å²) in [7, 11) is 0. The van der Waals surface area contributed by atoms with E-state index in [9.17, 15) is 4.79 Å². The fourth-order valence-corrected chi connectivity index (χ4v) is 1.75. The summed E-state index contributed by atoms with van der Waals surface area (Å²) in [5.41, 5.74) is 0. The first-order valence-corrected chi connectivity index (χ1v) is 5.90. The smallest absolute Gasteiger partial charge is 0.225 e. The molecule has 84 valence electrons. The van der Waals surface area contributed by atoms with Crippen LogP contribution < -0.4 is 0 Å². The third-order valence-electron chi connectivity index (χ3n) is 2.46. The number of amides is 1. The lowest BCUT2D eigenvalue weighted by Crippen LogP contribution is -2.41. The zero-order chi connectivity index (χ0) is 11.1. The lowest BCUT2D eigenvalue weighted by molar-refractivity contribution is -0.136. The first kappa shape index (κ1) is 13.5. The van der Waals surface area contributed by atoms with E-state index in [0.29, 0.717) is 11.8 Å². The van der Waals surface area contributed by atoms with E-state index in [1.807, 2.05) is 32.6 Å². The molecule has 1 unspecified atom stereocenters. The van der Waals surface area contributed by atoms with Crippen LogP contribution in [0.2, 0.25) is 0 Å². The monoisotopic (exact) mass is 199 g/mol. The summed E-state index contributed by atoms with van der Waals surface area (Å²) in [6.07, 6.45) is 2.46. The van der Waals surface area contributed by atoms with Gasteiger partial charge in [-0.1, -0.05) is 34.6 Å². The molecule has 0 spiro atoms. The van der Waals surface area contributed by atoms with Gasteiger partial charge in [-0.15, -0.1) is 0 Å². The van der Waals surface area contributed by atoms with Crippen LogP contribution in [0.4, 0.5) is 0 Å². The van der Waals surface area contributed by atoms with Crippen LogP contribution in [0.1, 0.15) is 47.5 Å². The fraction of sp³-hybridized carbons (Fsp3) is 0.917. The molecule has 0 N–H and O–H groups in total. The highest BCUT2D eigenvalue weighted by atomic mass is 16.2. The summed E-state index contributed by atoms with van der Waals surface area (Å²) >= 11 is 0. The van der Waals surface area contributed by atoms with Crippen molar-refractivity contribution in [3.05, 3.63) is 0 Å². The van der Waals surface area contributed by atoms with Crippen molar-refractivity contribution in [2.24, 2.45) is 11.8 Å². The third kappa shape index (κ3) is 4.12. The number of nitrogens with zero attached hydrogens (tertiary/aromatic N) is 1. The Balaban J connectivity index is 0.000000791. The van der Waals surface area contributed by atoms with E-state index in [4.69, 9.17) is 0 Å². The van der Waals surface area contributed by atoms with Gasteiger partial charge in [0, 0.05) is 19.0 Å². The van der Waals surface area contributed by atoms with Crippen molar-refractivity contribution in [2.75, 3.05) is 13.1 Å². The normalized spacial score (nSPS) is 21.6. The van der Waals surface area contributed by atoms with E-state index in [1.165, 1.54) is 12.8 Å². The van der Waals surface area contributed by atoms with Crippen molar-refractivity contribution >= 4 is 5.91 Å². The second-order valence-corrected chi connectivity index (χ2v) is 4.19. The molecule has 0 aromatic carbocycles. The van der Waals surface area contributed by atoms with Gasteiger partial charge in [0.25, 0.3) is 0 Å². The number of hydrogen-bond donors (Lipinski definition) is 0. The molecular weight excluding hydrogens is 174 g/mol. The average Bonchev–Trinajstić information content (AvgIpc) is 2.19. The molecule has 0 aliphatic carbocycles. The van der Waals surface area contributed by atoms with E-state index in [-0.39, 0.29) is 5.92 Å². The predicted octanol–water partition coefficient (Wildman–Crippen LogP) is 2.93. The van der Waals surface area contributed by atoms with Crippen LogP contribution in [0.5, 0.6) is 0 Å². The van der Waals surface area contributed by atoms with Crippen molar-refractivity contribution in [3.8, 4) is 0 Å². The number of rotatable bonds is 1. The van der Waals surface area contributed by atoms with Crippen molar-refractivity contribution in [3.63, 3.8) is 0 Å². The van der Waals surface area contributed by atoms with Gasteiger partial charge in [-0.2, -0.15) is 0 Å².